The van der Waals surface area contributed by atoms with Crippen LogP contribution in [0.3, 0.4) is 0 Å². The largest absolute Gasteiger partial charge is 0.322 e. The van der Waals surface area contributed by atoms with Gasteiger partial charge in [0.15, 0.2) is 5.13 Å². The minimum atomic E-state index is -0.544. The summed E-state index contributed by atoms with van der Waals surface area (Å²) in [5.74, 6) is -0.631. The Bertz CT molecular complexity index is 1360. The zero-order valence-corrected chi connectivity index (χ0v) is 20.1. The Morgan fingerprint density at radius 3 is 2.40 bits per heavy atom. The van der Waals surface area contributed by atoms with Gasteiger partial charge in [-0.1, -0.05) is 36.4 Å². The molecule has 0 bridgehead atoms. The molecule has 2 N–H and O–H groups in total. The van der Waals surface area contributed by atoms with Crippen molar-refractivity contribution >= 4 is 51.4 Å². The number of thiazole rings is 1. The van der Waals surface area contributed by atoms with E-state index in [0.29, 0.717) is 10.8 Å². The van der Waals surface area contributed by atoms with E-state index in [1.165, 1.54) is 47.4 Å². The van der Waals surface area contributed by atoms with Crippen LogP contribution in [-0.2, 0) is 4.79 Å². The molecule has 2 amide bonds. The Hall–Kier alpha value is -4.02. The minimum absolute atomic E-state index is 0.150. The standard InChI is InChI=1S/C25H20N4O4S2/c1-16-15-34-25(26-16)28-24(31)22(17-6-3-2-4-7-17)35-21-12-10-19(11-13-21)27-23(30)18-8-5-9-20(14-18)29(32)33/h2-15,22H,1H3,(H,27,30)(H,26,28,31). The number of aromatic nitrogens is 1. The van der Waals surface area contributed by atoms with Crippen molar-refractivity contribution in [2.75, 3.05) is 10.6 Å². The molecule has 35 heavy (non-hydrogen) atoms. The summed E-state index contributed by atoms with van der Waals surface area (Å²) in [6.45, 7) is 1.87. The number of aryl methyl sites for hydroxylation is 1. The van der Waals surface area contributed by atoms with Crippen molar-refractivity contribution in [3.05, 3.63) is 111 Å². The SMILES string of the molecule is Cc1csc(NC(=O)C(Sc2ccc(NC(=O)c3cccc([N+](=O)[O-])c3)cc2)c2ccccc2)n1. The van der Waals surface area contributed by atoms with E-state index < -0.39 is 16.1 Å². The molecule has 0 radical (unpaired) electrons. The number of hydrogen-bond acceptors (Lipinski definition) is 7. The average molecular weight is 505 g/mol. The molecule has 0 aliphatic rings. The fraction of sp³-hybridized carbons (Fsp3) is 0.0800. The second-order valence-corrected chi connectivity index (χ2v) is 9.51. The normalized spacial score (nSPS) is 11.5. The summed E-state index contributed by atoms with van der Waals surface area (Å²) >= 11 is 2.76. The molecule has 4 rings (SSSR count). The Morgan fingerprint density at radius 1 is 1.00 bits per heavy atom. The maximum absolute atomic E-state index is 13.1. The first kappa shape index (κ1) is 24.1. The summed E-state index contributed by atoms with van der Waals surface area (Å²) < 4.78 is 0. The third-order valence-corrected chi connectivity index (χ3v) is 7.02. The highest BCUT2D eigenvalue weighted by atomic mass is 32.2. The number of non-ortho nitro benzene ring substituents is 1. The minimum Gasteiger partial charge on any atom is -0.322 e. The molecule has 0 aliphatic heterocycles. The second kappa shape index (κ2) is 10.9. The number of nitrogens with zero attached hydrogens (tertiary/aromatic N) is 2. The van der Waals surface area contributed by atoms with Crippen LogP contribution in [0.15, 0.2) is 89.1 Å². The molecule has 0 saturated heterocycles. The van der Waals surface area contributed by atoms with Gasteiger partial charge < -0.3 is 10.6 Å². The van der Waals surface area contributed by atoms with Crippen molar-refractivity contribution in [3.8, 4) is 0 Å². The van der Waals surface area contributed by atoms with Gasteiger partial charge >= 0.3 is 0 Å². The van der Waals surface area contributed by atoms with E-state index in [9.17, 15) is 19.7 Å². The molecule has 3 aromatic carbocycles. The maximum atomic E-state index is 13.1. The number of nitro benzene ring substituents is 1. The van der Waals surface area contributed by atoms with Crippen LogP contribution in [-0.4, -0.2) is 21.7 Å². The lowest BCUT2D eigenvalue weighted by Gasteiger charge is -2.16. The molecule has 1 heterocycles. The molecule has 10 heteroatoms. The van der Waals surface area contributed by atoms with Gasteiger partial charge in [0.2, 0.25) is 5.91 Å². The maximum Gasteiger partial charge on any atom is 0.270 e. The van der Waals surface area contributed by atoms with Gasteiger partial charge in [-0.05, 0) is 42.8 Å². The lowest BCUT2D eigenvalue weighted by Crippen LogP contribution is -2.19. The molecule has 176 valence electrons. The fourth-order valence-corrected chi connectivity index (χ4v) is 4.92. The van der Waals surface area contributed by atoms with Crippen molar-refractivity contribution in [2.24, 2.45) is 0 Å². The first-order valence-corrected chi connectivity index (χ1v) is 12.3. The van der Waals surface area contributed by atoms with Crippen LogP contribution in [0.5, 0.6) is 0 Å². The van der Waals surface area contributed by atoms with Crippen LogP contribution in [0.1, 0.15) is 26.9 Å². The van der Waals surface area contributed by atoms with Gasteiger partial charge in [0.25, 0.3) is 11.6 Å². The van der Waals surface area contributed by atoms with Gasteiger partial charge in [-0.2, -0.15) is 0 Å². The van der Waals surface area contributed by atoms with E-state index in [0.717, 1.165) is 16.2 Å². The van der Waals surface area contributed by atoms with Crippen molar-refractivity contribution in [1.29, 1.82) is 0 Å². The van der Waals surface area contributed by atoms with E-state index in [2.05, 4.69) is 15.6 Å². The lowest BCUT2D eigenvalue weighted by atomic mass is 10.1. The number of nitro groups is 1. The zero-order valence-electron chi connectivity index (χ0n) is 18.5. The molecule has 0 aliphatic carbocycles. The predicted octanol–water partition coefficient (Wildman–Crippen LogP) is 6.08. The second-order valence-electron chi connectivity index (χ2n) is 7.48. The highest BCUT2D eigenvalue weighted by Crippen LogP contribution is 2.37. The molecule has 8 nitrogen and oxygen atoms in total. The number of amides is 2. The summed E-state index contributed by atoms with van der Waals surface area (Å²) in [4.78, 5) is 41.2. The molecule has 1 unspecified atom stereocenters. The number of benzene rings is 3. The predicted molar refractivity (Wildman–Crippen MR) is 138 cm³/mol. The number of nitrogens with one attached hydrogen (secondary N) is 2. The highest BCUT2D eigenvalue weighted by molar-refractivity contribution is 8.00. The number of carbonyl (C=O) groups excluding carboxylic acids is 2. The summed E-state index contributed by atoms with van der Waals surface area (Å²) in [6, 6.07) is 22.1. The zero-order chi connectivity index (χ0) is 24.8. The van der Waals surface area contributed by atoms with E-state index in [-0.39, 0.29) is 17.2 Å². The summed E-state index contributed by atoms with van der Waals surface area (Å²) in [5, 5.41) is 18.5. The van der Waals surface area contributed by atoms with Crippen LogP contribution < -0.4 is 10.6 Å². The summed E-state index contributed by atoms with van der Waals surface area (Å²) in [6.07, 6.45) is 0. The monoisotopic (exact) mass is 504 g/mol. The number of anilines is 2. The molecule has 1 atom stereocenters. The average Bonchev–Trinajstić information content (AvgIpc) is 3.28. The Labute approximate surface area is 209 Å². The smallest absolute Gasteiger partial charge is 0.270 e. The molecular formula is C25H20N4O4S2. The topological polar surface area (TPSA) is 114 Å². The molecule has 4 aromatic rings. The van der Waals surface area contributed by atoms with Gasteiger partial charge in [0.05, 0.1) is 10.6 Å². The van der Waals surface area contributed by atoms with Crippen LogP contribution >= 0.6 is 23.1 Å². The molecule has 0 fully saturated rings. The van der Waals surface area contributed by atoms with Crippen LogP contribution in [0.25, 0.3) is 0 Å². The quantitative estimate of drug-likeness (QED) is 0.171. The number of rotatable bonds is 8. The van der Waals surface area contributed by atoms with Gasteiger partial charge in [-0.15, -0.1) is 23.1 Å². The Morgan fingerprint density at radius 2 is 1.74 bits per heavy atom. The van der Waals surface area contributed by atoms with Crippen LogP contribution in [0.2, 0.25) is 0 Å². The Kier molecular flexibility index (Phi) is 7.54. The lowest BCUT2D eigenvalue weighted by molar-refractivity contribution is -0.384. The van der Waals surface area contributed by atoms with E-state index in [4.69, 9.17) is 0 Å². The van der Waals surface area contributed by atoms with Crippen molar-refractivity contribution in [3.63, 3.8) is 0 Å². The van der Waals surface area contributed by atoms with Crippen LogP contribution in [0.4, 0.5) is 16.5 Å². The van der Waals surface area contributed by atoms with E-state index in [1.807, 2.05) is 54.8 Å². The summed E-state index contributed by atoms with van der Waals surface area (Å²) in [5.41, 5.74) is 2.27. The van der Waals surface area contributed by atoms with Gasteiger partial charge in [-0.25, -0.2) is 4.98 Å². The third kappa shape index (κ3) is 6.31. The number of thioether (sulfide) groups is 1. The highest BCUT2D eigenvalue weighted by Gasteiger charge is 2.23. The van der Waals surface area contributed by atoms with Crippen molar-refractivity contribution < 1.29 is 14.5 Å². The van der Waals surface area contributed by atoms with E-state index >= 15 is 0 Å². The van der Waals surface area contributed by atoms with E-state index in [1.54, 1.807) is 12.1 Å². The van der Waals surface area contributed by atoms with Crippen molar-refractivity contribution in [1.82, 2.24) is 4.98 Å². The summed E-state index contributed by atoms with van der Waals surface area (Å²) in [7, 11) is 0. The molecule has 1 aromatic heterocycles. The fourth-order valence-electron chi connectivity index (χ4n) is 3.20. The van der Waals surface area contributed by atoms with Gasteiger partial charge in [0, 0.05) is 33.7 Å². The number of carbonyl (C=O) groups is 2. The molecular weight excluding hydrogens is 484 g/mol. The van der Waals surface area contributed by atoms with Crippen LogP contribution in [0, 0.1) is 17.0 Å². The first-order valence-electron chi connectivity index (χ1n) is 10.5. The third-order valence-electron chi connectivity index (χ3n) is 4.87. The first-order chi connectivity index (χ1) is 16.9. The number of hydrogen-bond donors (Lipinski definition) is 2. The molecule has 0 saturated carbocycles. The Balaban J connectivity index is 1.47. The van der Waals surface area contributed by atoms with Crippen molar-refractivity contribution in [2.45, 2.75) is 17.1 Å². The molecule has 0 spiro atoms. The van der Waals surface area contributed by atoms with Gasteiger partial charge in [-0.3, -0.25) is 19.7 Å². The van der Waals surface area contributed by atoms with Gasteiger partial charge in [0.1, 0.15) is 5.25 Å².